The van der Waals surface area contributed by atoms with Gasteiger partial charge in [-0.25, -0.2) is 18.7 Å². The molecule has 4 rings (SSSR count). The van der Waals surface area contributed by atoms with Crippen molar-refractivity contribution in [3.05, 3.63) is 107 Å². The van der Waals surface area contributed by atoms with Crippen LogP contribution in [0.5, 0.6) is 0 Å². The van der Waals surface area contributed by atoms with Crippen molar-refractivity contribution in [3.8, 4) is 0 Å². The molecule has 148 valence electrons. The largest absolute Gasteiger partial charge is 0.872 e. The van der Waals surface area contributed by atoms with E-state index in [9.17, 15) is 13.9 Å². The smallest absolute Gasteiger partial charge is 0.227 e. The molecule has 0 aliphatic heterocycles. The lowest BCUT2D eigenvalue weighted by Gasteiger charge is -2.20. The molecule has 0 spiro atoms. The van der Waals surface area contributed by atoms with E-state index in [0.717, 1.165) is 0 Å². The second kappa shape index (κ2) is 8.08. The van der Waals surface area contributed by atoms with Crippen molar-refractivity contribution in [1.82, 2.24) is 9.97 Å². The Morgan fingerprint density at radius 2 is 1.57 bits per heavy atom. The van der Waals surface area contributed by atoms with Gasteiger partial charge in [-0.3, -0.25) is 0 Å². The molecule has 1 aromatic heterocycles. The Kier molecular flexibility index (Phi) is 5.17. The van der Waals surface area contributed by atoms with Crippen molar-refractivity contribution in [2.75, 3.05) is 5.32 Å². The molecule has 0 saturated heterocycles. The van der Waals surface area contributed by atoms with Gasteiger partial charge in [0.25, 0.3) is 0 Å². The van der Waals surface area contributed by atoms with E-state index in [2.05, 4.69) is 15.3 Å². The third kappa shape index (κ3) is 4.15. The van der Waals surface area contributed by atoms with Crippen molar-refractivity contribution in [2.24, 2.45) is 0 Å². The first-order valence-electron chi connectivity index (χ1n) is 9.01. The summed E-state index contributed by atoms with van der Waals surface area (Å²) in [6.45, 7) is 0. The van der Waals surface area contributed by atoms with Crippen LogP contribution in [-0.2, 0) is 0 Å². The minimum absolute atomic E-state index is 0.0618. The fourth-order valence-corrected chi connectivity index (χ4v) is 2.89. The van der Waals surface area contributed by atoms with Gasteiger partial charge in [0.15, 0.2) is 0 Å². The molecule has 0 bridgehead atoms. The van der Waals surface area contributed by atoms with Crippen LogP contribution in [0.25, 0.3) is 11.3 Å². The molecule has 1 aliphatic carbocycles. The van der Waals surface area contributed by atoms with E-state index in [0.29, 0.717) is 28.5 Å². The van der Waals surface area contributed by atoms with Crippen molar-refractivity contribution in [1.29, 1.82) is 5.41 Å². The Morgan fingerprint density at radius 3 is 2.27 bits per heavy atom. The maximum absolute atomic E-state index is 13.1. The molecular weight excluding hydrogens is 386 g/mol. The summed E-state index contributed by atoms with van der Waals surface area (Å²) in [4.78, 5) is 8.60. The van der Waals surface area contributed by atoms with Gasteiger partial charge >= 0.3 is 0 Å². The number of hydrogen-bond acceptors (Lipinski definition) is 5. The predicted molar refractivity (Wildman–Crippen MR) is 110 cm³/mol. The van der Waals surface area contributed by atoms with Gasteiger partial charge in [-0.05, 0) is 65.8 Å². The van der Waals surface area contributed by atoms with Gasteiger partial charge in [-0.15, -0.1) is 0 Å². The molecule has 0 saturated carbocycles. The summed E-state index contributed by atoms with van der Waals surface area (Å²) in [6, 6.07) is 12.7. The highest BCUT2D eigenvalue weighted by Gasteiger charge is 2.12. The van der Waals surface area contributed by atoms with Gasteiger partial charge in [0.05, 0.1) is 11.4 Å². The predicted octanol–water partition coefficient (Wildman–Crippen LogP) is 4.24. The van der Waals surface area contributed by atoms with Crippen LogP contribution in [0, 0.1) is 17.0 Å². The lowest BCUT2D eigenvalue weighted by molar-refractivity contribution is -0.244. The number of nitrogens with zero attached hydrogens (tertiary/aromatic N) is 2. The standard InChI is InChI=1S/C23H16F2N4O/c24-16-4-1-14(2-5-16)22(30)19-13-15(3-10-20(19)26)21-11-12-27-23(29-21)28-18-8-6-17(25)7-9-18/h1-13,26,30H,(H,27,28,29)/p-1/b22-19-,26-20?. The molecule has 0 radical (unpaired) electrons. The van der Waals surface area contributed by atoms with E-state index < -0.39 is 5.82 Å². The summed E-state index contributed by atoms with van der Waals surface area (Å²) in [5.74, 6) is -0.848. The second-order valence-electron chi connectivity index (χ2n) is 6.49. The van der Waals surface area contributed by atoms with Crippen LogP contribution in [0.2, 0.25) is 0 Å². The van der Waals surface area contributed by atoms with Gasteiger partial charge in [0.1, 0.15) is 11.6 Å². The zero-order chi connectivity index (χ0) is 21.1. The van der Waals surface area contributed by atoms with E-state index in [1.807, 2.05) is 0 Å². The van der Waals surface area contributed by atoms with E-state index in [-0.39, 0.29) is 22.9 Å². The average Bonchev–Trinajstić information content (AvgIpc) is 2.76. The Labute approximate surface area is 171 Å². The van der Waals surface area contributed by atoms with Gasteiger partial charge in [-0.2, -0.15) is 0 Å². The van der Waals surface area contributed by atoms with Crippen LogP contribution in [0.15, 0.2) is 84.6 Å². The summed E-state index contributed by atoms with van der Waals surface area (Å²) in [5, 5.41) is 23.9. The number of hydrogen-bond donors (Lipinski definition) is 2. The third-order valence-corrected chi connectivity index (χ3v) is 4.42. The average molecular weight is 401 g/mol. The molecule has 1 aliphatic rings. The summed E-state index contributed by atoms with van der Waals surface area (Å²) in [6.07, 6.45) is 6.34. The maximum atomic E-state index is 13.1. The number of anilines is 2. The summed E-state index contributed by atoms with van der Waals surface area (Å²) in [7, 11) is 0. The molecule has 3 aromatic rings. The second-order valence-corrected chi connectivity index (χ2v) is 6.49. The van der Waals surface area contributed by atoms with Gasteiger partial charge in [0.2, 0.25) is 5.95 Å². The van der Waals surface area contributed by atoms with Crippen molar-refractivity contribution < 1.29 is 13.9 Å². The van der Waals surface area contributed by atoms with E-state index in [1.54, 1.807) is 36.5 Å². The lowest BCUT2D eigenvalue weighted by Crippen LogP contribution is -2.12. The molecule has 0 amide bonds. The molecular formula is C23H15F2N4O-. The molecule has 0 fully saturated rings. The number of rotatable bonds is 4. The Morgan fingerprint density at radius 1 is 0.900 bits per heavy atom. The Balaban J connectivity index is 1.66. The molecule has 0 unspecified atom stereocenters. The van der Waals surface area contributed by atoms with Crippen LogP contribution in [0.4, 0.5) is 20.4 Å². The highest BCUT2D eigenvalue weighted by molar-refractivity contribution is 6.16. The highest BCUT2D eigenvalue weighted by atomic mass is 19.1. The van der Waals surface area contributed by atoms with Crippen LogP contribution < -0.4 is 10.4 Å². The number of halogens is 2. The van der Waals surface area contributed by atoms with Crippen molar-refractivity contribution in [3.63, 3.8) is 0 Å². The van der Waals surface area contributed by atoms with Gasteiger partial charge in [-0.1, -0.05) is 24.0 Å². The van der Waals surface area contributed by atoms with Crippen LogP contribution in [0.1, 0.15) is 11.3 Å². The molecule has 5 nitrogen and oxygen atoms in total. The summed E-state index contributed by atoms with van der Waals surface area (Å²) >= 11 is 0. The molecule has 0 atom stereocenters. The number of benzene rings is 2. The number of aromatic nitrogens is 2. The fraction of sp³-hybridized carbons (Fsp3) is 0. The van der Waals surface area contributed by atoms with E-state index in [1.165, 1.54) is 42.5 Å². The van der Waals surface area contributed by atoms with Crippen LogP contribution in [-0.4, -0.2) is 15.7 Å². The molecule has 1 heterocycles. The first-order chi connectivity index (χ1) is 14.5. The zero-order valence-electron chi connectivity index (χ0n) is 15.6. The Bertz CT molecular complexity index is 1200. The maximum Gasteiger partial charge on any atom is 0.227 e. The molecule has 2 N–H and O–H groups in total. The minimum Gasteiger partial charge on any atom is -0.872 e. The lowest BCUT2D eigenvalue weighted by atomic mass is 9.95. The quantitative estimate of drug-likeness (QED) is 0.641. The monoisotopic (exact) mass is 401 g/mol. The molecule has 2 aromatic carbocycles. The first-order valence-corrected chi connectivity index (χ1v) is 9.01. The topological polar surface area (TPSA) is 84.7 Å². The first kappa shape index (κ1) is 19.2. The van der Waals surface area contributed by atoms with Crippen molar-refractivity contribution in [2.45, 2.75) is 0 Å². The molecule has 7 heteroatoms. The van der Waals surface area contributed by atoms with E-state index >= 15 is 0 Å². The zero-order valence-corrected chi connectivity index (χ0v) is 15.6. The summed E-state index contributed by atoms with van der Waals surface area (Å²) < 4.78 is 26.2. The molecule has 30 heavy (non-hydrogen) atoms. The van der Waals surface area contributed by atoms with Crippen LogP contribution in [0.3, 0.4) is 0 Å². The SMILES string of the molecule is N=C1C=CC(c2ccnc(Nc3ccc(F)cc3)n2)=C/C1=C(/[O-])c1ccc(F)cc1. The van der Waals surface area contributed by atoms with Crippen molar-refractivity contribution >= 4 is 28.7 Å². The summed E-state index contributed by atoms with van der Waals surface area (Å²) in [5.41, 5.74) is 2.34. The third-order valence-electron chi connectivity index (χ3n) is 4.42. The minimum atomic E-state index is -0.437. The fourth-order valence-electron chi connectivity index (χ4n) is 2.89. The Hall–Kier alpha value is -4.13. The number of allylic oxidation sites excluding steroid dienone is 5. The van der Waals surface area contributed by atoms with E-state index in [4.69, 9.17) is 5.41 Å². The van der Waals surface area contributed by atoms with Gasteiger partial charge < -0.3 is 15.8 Å². The highest BCUT2D eigenvalue weighted by Crippen LogP contribution is 2.26. The van der Waals surface area contributed by atoms with Crippen LogP contribution >= 0.6 is 0 Å². The van der Waals surface area contributed by atoms with Gasteiger partial charge in [0, 0.05) is 17.5 Å². The number of nitrogens with one attached hydrogen (secondary N) is 2. The normalized spacial score (nSPS) is 15.0.